The average Bonchev–Trinajstić information content (AvgIpc) is 3.09. The van der Waals surface area contributed by atoms with Gasteiger partial charge < -0.3 is 14.2 Å². The van der Waals surface area contributed by atoms with Gasteiger partial charge in [-0.15, -0.1) is 0 Å². The van der Waals surface area contributed by atoms with Crippen LogP contribution in [0.5, 0.6) is 0 Å². The number of hydrogen-bond donors (Lipinski definition) is 0. The minimum absolute atomic E-state index is 0.233. The Morgan fingerprint density at radius 3 is 2.62 bits per heavy atom. The molecule has 1 saturated heterocycles. The molecule has 0 N–H and O–H groups in total. The lowest BCUT2D eigenvalue weighted by Crippen LogP contribution is -2.42. The molecule has 3 heterocycles. The molecule has 0 spiro atoms. The van der Waals surface area contributed by atoms with E-state index in [0.717, 1.165) is 66.1 Å². The predicted octanol–water partition coefficient (Wildman–Crippen LogP) is 3.83. The van der Waals surface area contributed by atoms with Gasteiger partial charge >= 0.3 is 0 Å². The van der Waals surface area contributed by atoms with Gasteiger partial charge in [0.25, 0.3) is 0 Å². The highest BCUT2D eigenvalue weighted by Crippen LogP contribution is 2.27. The van der Waals surface area contributed by atoms with Gasteiger partial charge in [-0.1, -0.05) is 6.07 Å². The van der Waals surface area contributed by atoms with E-state index in [4.69, 9.17) is 0 Å². The van der Waals surface area contributed by atoms with Crippen LogP contribution in [0.3, 0.4) is 0 Å². The molecule has 0 aliphatic carbocycles. The summed E-state index contributed by atoms with van der Waals surface area (Å²) in [5.41, 5.74) is 6.17. The number of benzene rings is 1. The number of imidazole rings is 1. The minimum Gasteiger partial charge on any atom is -0.307 e. The van der Waals surface area contributed by atoms with E-state index in [1.165, 1.54) is 0 Å². The summed E-state index contributed by atoms with van der Waals surface area (Å²) in [6.07, 6.45) is 8.60. The molecular weight excluding hydrogens is 362 g/mol. The largest absolute Gasteiger partial charge is 0.307 e. The Balaban J connectivity index is 1.53. The summed E-state index contributed by atoms with van der Waals surface area (Å²) in [4.78, 5) is 24.7. The number of nitrogens with zero attached hydrogens (tertiary/aromatic N) is 5. The summed E-state index contributed by atoms with van der Waals surface area (Å²) in [5, 5.41) is 0. The lowest BCUT2D eigenvalue weighted by molar-refractivity contribution is -0.116. The summed E-state index contributed by atoms with van der Waals surface area (Å²) in [5.74, 6) is 0. The molecule has 6 heteroatoms. The van der Waals surface area contributed by atoms with Crippen LogP contribution in [0.4, 0.5) is 5.69 Å². The van der Waals surface area contributed by atoms with Gasteiger partial charge in [0.15, 0.2) is 0 Å². The van der Waals surface area contributed by atoms with Gasteiger partial charge in [-0.25, -0.2) is 9.98 Å². The third-order valence-corrected chi connectivity index (χ3v) is 5.67. The third kappa shape index (κ3) is 4.22. The molecule has 1 fully saturated rings. The second-order valence-electron chi connectivity index (χ2n) is 7.90. The number of carbonyl (C=O) groups is 1. The number of aryl methyl sites for hydroxylation is 2. The first-order valence-electron chi connectivity index (χ1n) is 10.1. The Morgan fingerprint density at radius 2 is 1.90 bits per heavy atom. The fourth-order valence-corrected chi connectivity index (χ4v) is 3.90. The molecular formula is C23H27N5O. The van der Waals surface area contributed by atoms with Crippen molar-refractivity contribution in [1.82, 2.24) is 19.2 Å². The SMILES string of the molecule is Cc1cn2ccc(-c3ccc(N=CN(C=O)C4CCN(C)CC4)c(C)c3)cc2n1. The number of piperidine rings is 1. The number of amides is 1. The first kappa shape index (κ1) is 19.3. The number of rotatable bonds is 5. The highest BCUT2D eigenvalue weighted by atomic mass is 16.1. The molecule has 0 radical (unpaired) electrons. The Bertz CT molecular complexity index is 1050. The zero-order valence-corrected chi connectivity index (χ0v) is 17.2. The molecule has 4 rings (SSSR count). The monoisotopic (exact) mass is 389 g/mol. The van der Waals surface area contributed by atoms with E-state index < -0.39 is 0 Å². The quantitative estimate of drug-likeness (QED) is 0.379. The number of pyridine rings is 1. The Morgan fingerprint density at radius 1 is 1.14 bits per heavy atom. The molecule has 29 heavy (non-hydrogen) atoms. The smallest absolute Gasteiger partial charge is 0.215 e. The average molecular weight is 390 g/mol. The van der Waals surface area contributed by atoms with E-state index in [-0.39, 0.29) is 6.04 Å². The van der Waals surface area contributed by atoms with Crippen molar-refractivity contribution in [2.45, 2.75) is 32.7 Å². The van der Waals surface area contributed by atoms with E-state index in [2.05, 4.69) is 53.1 Å². The zero-order chi connectivity index (χ0) is 20.4. The highest BCUT2D eigenvalue weighted by Gasteiger charge is 2.21. The first-order chi connectivity index (χ1) is 14.0. The number of hydrogen-bond acceptors (Lipinski definition) is 4. The van der Waals surface area contributed by atoms with Crippen LogP contribution in [0.25, 0.3) is 16.8 Å². The van der Waals surface area contributed by atoms with Crippen molar-refractivity contribution in [3.05, 3.63) is 54.0 Å². The predicted molar refractivity (Wildman–Crippen MR) is 117 cm³/mol. The third-order valence-electron chi connectivity index (χ3n) is 5.67. The molecule has 1 amide bonds. The van der Waals surface area contributed by atoms with Crippen molar-refractivity contribution >= 4 is 24.1 Å². The van der Waals surface area contributed by atoms with Crippen LogP contribution in [0.15, 0.2) is 47.7 Å². The van der Waals surface area contributed by atoms with E-state index in [0.29, 0.717) is 0 Å². The lowest BCUT2D eigenvalue weighted by Gasteiger charge is -2.32. The van der Waals surface area contributed by atoms with E-state index in [1.54, 1.807) is 11.2 Å². The maximum atomic E-state index is 11.6. The van der Waals surface area contributed by atoms with Gasteiger partial charge in [0.05, 0.1) is 17.7 Å². The number of aliphatic imine (C=N–C) groups is 1. The molecule has 1 aliphatic rings. The van der Waals surface area contributed by atoms with Gasteiger partial charge in [-0.05, 0) is 87.8 Å². The van der Waals surface area contributed by atoms with Crippen molar-refractivity contribution in [2.75, 3.05) is 20.1 Å². The Labute approximate surface area is 171 Å². The molecule has 1 aromatic carbocycles. The summed E-state index contributed by atoms with van der Waals surface area (Å²) in [6, 6.07) is 10.6. The fraction of sp³-hybridized carbons (Fsp3) is 0.348. The topological polar surface area (TPSA) is 53.2 Å². The van der Waals surface area contributed by atoms with Gasteiger partial charge in [0, 0.05) is 18.4 Å². The summed E-state index contributed by atoms with van der Waals surface area (Å²) >= 11 is 0. The summed E-state index contributed by atoms with van der Waals surface area (Å²) in [6.45, 7) is 6.07. The normalized spacial score (nSPS) is 16.0. The first-order valence-corrected chi connectivity index (χ1v) is 10.1. The van der Waals surface area contributed by atoms with Crippen molar-refractivity contribution in [3.8, 4) is 11.1 Å². The number of likely N-dealkylation sites (tertiary alicyclic amines) is 1. The van der Waals surface area contributed by atoms with E-state index >= 15 is 0 Å². The van der Waals surface area contributed by atoms with E-state index in [1.807, 2.05) is 29.8 Å². The summed E-state index contributed by atoms with van der Waals surface area (Å²) < 4.78 is 2.03. The molecule has 0 saturated carbocycles. The molecule has 3 aromatic rings. The van der Waals surface area contributed by atoms with Crippen molar-refractivity contribution in [3.63, 3.8) is 0 Å². The van der Waals surface area contributed by atoms with Crippen LogP contribution in [-0.2, 0) is 4.79 Å². The standard InChI is InChI=1S/C23H27N5O/c1-17-12-19(20-6-11-27-14-18(2)25-23(27)13-20)4-5-22(17)24-15-28(16-29)21-7-9-26(3)10-8-21/h4-6,11-16,21H,7-10H2,1-3H3. The van der Waals surface area contributed by atoms with Gasteiger partial charge in [-0.2, -0.15) is 0 Å². The number of carbonyl (C=O) groups excluding carboxylic acids is 1. The fourth-order valence-electron chi connectivity index (χ4n) is 3.90. The van der Waals surface area contributed by atoms with Crippen molar-refractivity contribution in [2.24, 2.45) is 4.99 Å². The highest BCUT2D eigenvalue weighted by molar-refractivity contribution is 5.77. The maximum Gasteiger partial charge on any atom is 0.215 e. The zero-order valence-electron chi connectivity index (χ0n) is 17.2. The van der Waals surface area contributed by atoms with Crippen molar-refractivity contribution < 1.29 is 4.79 Å². The minimum atomic E-state index is 0.233. The number of aromatic nitrogens is 2. The second kappa shape index (κ2) is 8.17. The number of fused-ring (bicyclic) bond motifs is 1. The maximum absolute atomic E-state index is 11.6. The van der Waals surface area contributed by atoms with Crippen LogP contribution < -0.4 is 0 Å². The Kier molecular flexibility index (Phi) is 5.45. The van der Waals surface area contributed by atoms with Gasteiger partial charge in [0.1, 0.15) is 5.65 Å². The van der Waals surface area contributed by atoms with Crippen LogP contribution in [0, 0.1) is 13.8 Å². The molecule has 0 unspecified atom stereocenters. The molecule has 0 bridgehead atoms. The molecule has 1 aliphatic heterocycles. The lowest BCUT2D eigenvalue weighted by atomic mass is 10.0. The summed E-state index contributed by atoms with van der Waals surface area (Å²) in [7, 11) is 2.12. The van der Waals surface area contributed by atoms with Crippen LogP contribution >= 0.6 is 0 Å². The molecule has 0 atom stereocenters. The van der Waals surface area contributed by atoms with Crippen LogP contribution in [0.1, 0.15) is 24.1 Å². The van der Waals surface area contributed by atoms with E-state index in [9.17, 15) is 4.79 Å². The molecule has 2 aromatic heterocycles. The van der Waals surface area contributed by atoms with Crippen LogP contribution in [-0.4, -0.2) is 58.1 Å². The molecule has 6 nitrogen and oxygen atoms in total. The van der Waals surface area contributed by atoms with Gasteiger partial charge in [0.2, 0.25) is 6.41 Å². The van der Waals surface area contributed by atoms with Gasteiger partial charge in [-0.3, -0.25) is 4.79 Å². The van der Waals surface area contributed by atoms with Crippen LogP contribution in [0.2, 0.25) is 0 Å². The Hall–Kier alpha value is -2.99. The second-order valence-corrected chi connectivity index (χ2v) is 7.90. The molecule has 150 valence electrons. The van der Waals surface area contributed by atoms with Crippen molar-refractivity contribution in [1.29, 1.82) is 0 Å².